The minimum absolute atomic E-state index is 0.229. The lowest BCUT2D eigenvalue weighted by Gasteiger charge is -2.24. The van der Waals surface area contributed by atoms with E-state index in [1.807, 2.05) is 20.8 Å². The summed E-state index contributed by atoms with van der Waals surface area (Å²) in [6.07, 6.45) is 5.27. The zero-order chi connectivity index (χ0) is 14.8. The van der Waals surface area contributed by atoms with E-state index >= 15 is 0 Å². The van der Waals surface area contributed by atoms with E-state index in [9.17, 15) is 4.79 Å². The quantitative estimate of drug-likeness (QED) is 0.841. The number of ether oxygens (including phenoxy) is 1. The van der Waals surface area contributed by atoms with E-state index < -0.39 is 11.6 Å². The number of carbonyl (C=O) groups excluding carboxylic acids is 1. The van der Waals surface area contributed by atoms with Crippen molar-refractivity contribution in [3.63, 3.8) is 0 Å². The fraction of sp³-hybridized carbons (Fsp3) is 0.643. The molecule has 6 heteroatoms. The zero-order valence-electron chi connectivity index (χ0n) is 12.3. The second-order valence-corrected chi connectivity index (χ2v) is 5.99. The van der Waals surface area contributed by atoms with E-state index in [4.69, 9.17) is 10.5 Å². The van der Waals surface area contributed by atoms with Crippen LogP contribution in [0.2, 0.25) is 0 Å². The smallest absolute Gasteiger partial charge is 0.359 e. The maximum absolute atomic E-state index is 11.9. The lowest BCUT2D eigenvalue weighted by Crippen LogP contribution is -2.36. The largest absolute Gasteiger partial charge is 0.455 e. The van der Waals surface area contributed by atoms with Crippen molar-refractivity contribution in [3.8, 4) is 0 Å². The number of carbonyl (C=O) groups is 1. The number of aromatic nitrogens is 2. The van der Waals surface area contributed by atoms with Gasteiger partial charge in [-0.15, -0.1) is 0 Å². The summed E-state index contributed by atoms with van der Waals surface area (Å²) in [5.41, 5.74) is 5.44. The van der Waals surface area contributed by atoms with Crippen molar-refractivity contribution in [1.82, 2.24) is 9.97 Å². The summed E-state index contributed by atoms with van der Waals surface area (Å²) in [6, 6.07) is 0.316. The monoisotopic (exact) mass is 278 g/mol. The van der Waals surface area contributed by atoms with Crippen LogP contribution in [0.25, 0.3) is 0 Å². The van der Waals surface area contributed by atoms with Crippen LogP contribution in [-0.2, 0) is 4.74 Å². The topological polar surface area (TPSA) is 81.3 Å². The first-order valence-electron chi connectivity index (χ1n) is 6.93. The Morgan fingerprint density at radius 3 is 2.75 bits per heavy atom. The molecule has 1 aliphatic rings. The number of anilines is 1. The first-order chi connectivity index (χ1) is 9.40. The first-order valence-corrected chi connectivity index (χ1v) is 6.93. The molecule has 1 aromatic heterocycles. The molecule has 2 rings (SSSR count). The average molecular weight is 278 g/mol. The maximum Gasteiger partial charge on any atom is 0.359 e. The van der Waals surface area contributed by atoms with E-state index in [1.165, 1.54) is 6.20 Å². The maximum atomic E-state index is 11.9. The van der Waals surface area contributed by atoms with Gasteiger partial charge >= 0.3 is 5.97 Å². The molecule has 6 nitrogen and oxygen atoms in total. The van der Waals surface area contributed by atoms with Gasteiger partial charge in [-0.25, -0.2) is 14.8 Å². The minimum Gasteiger partial charge on any atom is -0.455 e. The Hall–Kier alpha value is -1.69. The van der Waals surface area contributed by atoms with Gasteiger partial charge in [-0.05, 0) is 33.6 Å². The number of hydrogen-bond donors (Lipinski definition) is 1. The van der Waals surface area contributed by atoms with Crippen LogP contribution in [0.15, 0.2) is 12.4 Å². The summed E-state index contributed by atoms with van der Waals surface area (Å²) in [6.45, 7) is 7.01. The highest BCUT2D eigenvalue weighted by atomic mass is 16.6. The van der Waals surface area contributed by atoms with Crippen LogP contribution in [0.5, 0.6) is 0 Å². The Balaban J connectivity index is 2.08. The van der Waals surface area contributed by atoms with Gasteiger partial charge < -0.3 is 15.4 Å². The number of esters is 1. The van der Waals surface area contributed by atoms with Gasteiger partial charge in [-0.1, -0.05) is 0 Å². The third kappa shape index (κ3) is 3.45. The molecular weight excluding hydrogens is 256 g/mol. The normalized spacial score (nSPS) is 19.2. The molecule has 20 heavy (non-hydrogen) atoms. The number of nitrogens with two attached hydrogens (primary N) is 1. The number of rotatable bonds is 3. The zero-order valence-corrected chi connectivity index (χ0v) is 12.3. The van der Waals surface area contributed by atoms with Crippen molar-refractivity contribution in [1.29, 1.82) is 0 Å². The van der Waals surface area contributed by atoms with Crippen molar-refractivity contribution in [2.45, 2.75) is 45.3 Å². The van der Waals surface area contributed by atoms with Crippen LogP contribution in [0.1, 0.15) is 44.1 Å². The Labute approximate surface area is 119 Å². The molecule has 0 saturated carbocycles. The van der Waals surface area contributed by atoms with Gasteiger partial charge in [0.05, 0.1) is 12.4 Å². The third-order valence-corrected chi connectivity index (χ3v) is 3.19. The molecular formula is C14H22N4O2. The van der Waals surface area contributed by atoms with Crippen molar-refractivity contribution in [2.24, 2.45) is 5.73 Å². The summed E-state index contributed by atoms with van der Waals surface area (Å²) in [5.74, 6) is 0.318. The van der Waals surface area contributed by atoms with Crippen molar-refractivity contribution in [3.05, 3.63) is 18.1 Å². The molecule has 1 aliphatic heterocycles. The summed E-state index contributed by atoms with van der Waals surface area (Å²) in [4.78, 5) is 22.5. The molecule has 0 aromatic carbocycles. The summed E-state index contributed by atoms with van der Waals surface area (Å²) in [7, 11) is 0. The molecule has 1 saturated heterocycles. The van der Waals surface area contributed by atoms with E-state index in [1.54, 1.807) is 6.20 Å². The summed E-state index contributed by atoms with van der Waals surface area (Å²) < 4.78 is 5.26. The second kappa shape index (κ2) is 5.75. The molecule has 0 spiro atoms. The molecule has 1 aromatic rings. The fourth-order valence-electron chi connectivity index (χ4n) is 2.29. The Kier molecular flexibility index (Phi) is 4.23. The van der Waals surface area contributed by atoms with Gasteiger partial charge in [0.15, 0.2) is 5.69 Å². The Bertz CT molecular complexity index is 467. The van der Waals surface area contributed by atoms with E-state index in [0.29, 0.717) is 12.6 Å². The molecule has 1 unspecified atom stereocenters. The Morgan fingerprint density at radius 2 is 2.20 bits per heavy atom. The van der Waals surface area contributed by atoms with Gasteiger partial charge in [-0.3, -0.25) is 0 Å². The van der Waals surface area contributed by atoms with E-state index in [2.05, 4.69) is 14.9 Å². The minimum atomic E-state index is -0.531. The molecule has 110 valence electrons. The first kappa shape index (κ1) is 14.7. The van der Waals surface area contributed by atoms with Gasteiger partial charge in [0, 0.05) is 19.1 Å². The summed E-state index contributed by atoms with van der Waals surface area (Å²) in [5, 5.41) is 0. The van der Waals surface area contributed by atoms with Gasteiger partial charge in [0.25, 0.3) is 0 Å². The number of nitrogens with zero attached hydrogens (tertiary/aromatic N) is 3. The van der Waals surface area contributed by atoms with E-state index in [0.717, 1.165) is 25.2 Å². The van der Waals surface area contributed by atoms with Crippen molar-refractivity contribution >= 4 is 11.8 Å². The Morgan fingerprint density at radius 1 is 1.45 bits per heavy atom. The van der Waals surface area contributed by atoms with Crippen LogP contribution >= 0.6 is 0 Å². The lowest BCUT2D eigenvalue weighted by atomic mass is 10.2. The standard InChI is InChI=1S/C14H22N4O2/c1-14(2,3)20-13(19)11-8-17-12(9-16-11)18-6-4-5-10(18)7-15/h8-10H,4-7,15H2,1-3H3. The average Bonchev–Trinajstić information content (AvgIpc) is 2.85. The summed E-state index contributed by atoms with van der Waals surface area (Å²) >= 11 is 0. The highest BCUT2D eigenvalue weighted by molar-refractivity contribution is 5.87. The predicted molar refractivity (Wildman–Crippen MR) is 76.6 cm³/mol. The van der Waals surface area contributed by atoms with Crippen LogP contribution in [0.4, 0.5) is 5.82 Å². The molecule has 0 amide bonds. The van der Waals surface area contributed by atoms with Crippen LogP contribution in [0, 0.1) is 0 Å². The van der Waals surface area contributed by atoms with E-state index in [-0.39, 0.29) is 5.69 Å². The van der Waals surface area contributed by atoms with Gasteiger partial charge in [0.1, 0.15) is 11.4 Å². The third-order valence-electron chi connectivity index (χ3n) is 3.19. The van der Waals surface area contributed by atoms with Crippen molar-refractivity contribution in [2.75, 3.05) is 18.0 Å². The molecule has 1 fully saturated rings. The highest BCUT2D eigenvalue weighted by Gasteiger charge is 2.25. The molecule has 1 atom stereocenters. The fourth-order valence-corrected chi connectivity index (χ4v) is 2.29. The SMILES string of the molecule is CC(C)(C)OC(=O)c1cnc(N2CCCC2CN)cn1. The number of hydrogen-bond acceptors (Lipinski definition) is 6. The van der Waals surface area contributed by atoms with Crippen LogP contribution in [-0.4, -0.2) is 40.7 Å². The lowest BCUT2D eigenvalue weighted by molar-refractivity contribution is 0.00624. The highest BCUT2D eigenvalue weighted by Crippen LogP contribution is 2.22. The second-order valence-electron chi connectivity index (χ2n) is 5.99. The van der Waals surface area contributed by atoms with Gasteiger partial charge in [-0.2, -0.15) is 0 Å². The van der Waals surface area contributed by atoms with Gasteiger partial charge in [0.2, 0.25) is 0 Å². The molecule has 0 aliphatic carbocycles. The molecule has 2 heterocycles. The predicted octanol–water partition coefficient (Wildman–Crippen LogP) is 1.36. The molecule has 2 N–H and O–H groups in total. The molecule has 0 bridgehead atoms. The molecule has 0 radical (unpaired) electrons. The van der Waals surface area contributed by atoms with Crippen molar-refractivity contribution < 1.29 is 9.53 Å². The van der Waals surface area contributed by atoms with Crippen LogP contribution in [0.3, 0.4) is 0 Å². The van der Waals surface area contributed by atoms with Crippen LogP contribution < -0.4 is 10.6 Å².